The number of likely N-dealkylation sites (tertiary alicyclic amines) is 1. The maximum atomic E-state index is 12.2. The summed E-state index contributed by atoms with van der Waals surface area (Å²) in [4.78, 5) is 16.4. The quantitative estimate of drug-likeness (QED) is 0.791. The Hall–Kier alpha value is -0.610. The van der Waals surface area contributed by atoms with E-state index in [0.29, 0.717) is 6.54 Å². The highest BCUT2D eigenvalue weighted by Crippen LogP contribution is 2.23. The van der Waals surface area contributed by atoms with Gasteiger partial charge in [-0.1, -0.05) is 0 Å². The van der Waals surface area contributed by atoms with E-state index in [-0.39, 0.29) is 5.91 Å². The molecule has 100 valence electrons. The van der Waals surface area contributed by atoms with Crippen LogP contribution in [-0.2, 0) is 4.79 Å². The van der Waals surface area contributed by atoms with E-state index in [1.165, 1.54) is 0 Å². The second kappa shape index (κ2) is 5.83. The van der Waals surface area contributed by atoms with Gasteiger partial charge in [-0.3, -0.25) is 4.79 Å². The Morgan fingerprint density at radius 3 is 2.29 bits per heavy atom. The van der Waals surface area contributed by atoms with Crippen molar-refractivity contribution >= 4 is 5.91 Å². The lowest BCUT2D eigenvalue weighted by Crippen LogP contribution is -2.48. The van der Waals surface area contributed by atoms with Crippen LogP contribution in [0.2, 0.25) is 0 Å². The maximum Gasteiger partial charge on any atom is 0.229 e. The van der Waals surface area contributed by atoms with Crippen molar-refractivity contribution in [3.05, 3.63) is 0 Å². The first-order valence-corrected chi connectivity index (χ1v) is 6.51. The van der Waals surface area contributed by atoms with Gasteiger partial charge in [0.1, 0.15) is 0 Å². The monoisotopic (exact) mass is 241 g/mol. The minimum absolute atomic E-state index is 0.211. The summed E-state index contributed by atoms with van der Waals surface area (Å²) in [7, 11) is 4.21. The first-order chi connectivity index (χ1) is 7.86. The van der Waals surface area contributed by atoms with Crippen LogP contribution in [0, 0.1) is 11.3 Å². The first kappa shape index (κ1) is 14.5. The molecule has 1 fully saturated rings. The Labute approximate surface area is 105 Å². The molecule has 1 heterocycles. The molecule has 1 rings (SSSR count). The molecule has 4 nitrogen and oxygen atoms in total. The third-order valence-electron chi connectivity index (χ3n) is 3.61. The Morgan fingerprint density at radius 2 is 1.88 bits per heavy atom. The number of nitrogens with zero attached hydrogens (tertiary/aromatic N) is 2. The lowest BCUT2D eigenvalue weighted by molar-refractivity contribution is -0.141. The molecule has 1 aliphatic heterocycles. The van der Waals surface area contributed by atoms with Gasteiger partial charge in [-0.15, -0.1) is 0 Å². The van der Waals surface area contributed by atoms with Gasteiger partial charge in [0.05, 0.1) is 5.41 Å². The molecule has 17 heavy (non-hydrogen) atoms. The van der Waals surface area contributed by atoms with E-state index >= 15 is 0 Å². The zero-order chi connectivity index (χ0) is 13.1. The zero-order valence-electron chi connectivity index (χ0n) is 11.7. The molecule has 1 amide bonds. The molecule has 0 saturated carbocycles. The van der Waals surface area contributed by atoms with Crippen molar-refractivity contribution in [3.8, 4) is 0 Å². The van der Waals surface area contributed by atoms with Gasteiger partial charge in [-0.05, 0) is 46.7 Å². The fourth-order valence-corrected chi connectivity index (χ4v) is 2.35. The van der Waals surface area contributed by atoms with E-state index in [2.05, 4.69) is 19.0 Å². The molecule has 0 spiro atoms. The van der Waals surface area contributed by atoms with Gasteiger partial charge in [0.15, 0.2) is 0 Å². The standard InChI is InChI=1S/C13H27N3O/c1-13(2,10-14)12(17)16-7-5-11(6-8-16)9-15(3)4/h11H,5-10,14H2,1-4H3. The van der Waals surface area contributed by atoms with Crippen LogP contribution in [0.5, 0.6) is 0 Å². The fourth-order valence-electron chi connectivity index (χ4n) is 2.35. The van der Waals surface area contributed by atoms with E-state index in [4.69, 9.17) is 5.73 Å². The number of nitrogens with two attached hydrogens (primary N) is 1. The number of piperidine rings is 1. The third-order valence-corrected chi connectivity index (χ3v) is 3.61. The SMILES string of the molecule is CN(C)CC1CCN(C(=O)C(C)(C)CN)CC1. The van der Waals surface area contributed by atoms with Gasteiger partial charge in [0.25, 0.3) is 0 Å². The summed E-state index contributed by atoms with van der Waals surface area (Å²) in [5.41, 5.74) is 5.24. The molecule has 0 atom stereocenters. The molecule has 1 aliphatic rings. The number of hydrogen-bond donors (Lipinski definition) is 1. The molecule has 4 heteroatoms. The largest absolute Gasteiger partial charge is 0.342 e. The van der Waals surface area contributed by atoms with Crippen molar-refractivity contribution in [2.75, 3.05) is 40.3 Å². The Morgan fingerprint density at radius 1 is 1.35 bits per heavy atom. The number of amides is 1. The highest BCUT2D eigenvalue weighted by Gasteiger charge is 2.32. The minimum atomic E-state index is -0.408. The normalized spacial score (nSPS) is 18.8. The second-order valence-corrected chi connectivity index (χ2v) is 6.09. The van der Waals surface area contributed by atoms with Crippen molar-refractivity contribution in [2.24, 2.45) is 17.1 Å². The van der Waals surface area contributed by atoms with E-state index in [1.807, 2.05) is 18.7 Å². The average molecular weight is 241 g/mol. The predicted molar refractivity (Wildman–Crippen MR) is 70.7 cm³/mol. The average Bonchev–Trinajstić information content (AvgIpc) is 2.28. The van der Waals surface area contributed by atoms with Crippen LogP contribution < -0.4 is 5.73 Å². The molecule has 1 saturated heterocycles. The number of hydrogen-bond acceptors (Lipinski definition) is 3. The van der Waals surface area contributed by atoms with Crippen molar-refractivity contribution in [3.63, 3.8) is 0 Å². The maximum absolute atomic E-state index is 12.2. The predicted octanol–water partition coefficient (Wildman–Crippen LogP) is 0.772. The Bertz CT molecular complexity index is 255. The number of carbonyl (C=O) groups is 1. The summed E-state index contributed by atoms with van der Waals surface area (Å²) < 4.78 is 0. The fraction of sp³-hybridized carbons (Fsp3) is 0.923. The number of rotatable bonds is 4. The van der Waals surface area contributed by atoms with E-state index < -0.39 is 5.41 Å². The van der Waals surface area contributed by atoms with Gasteiger partial charge in [-0.2, -0.15) is 0 Å². The third kappa shape index (κ3) is 3.96. The van der Waals surface area contributed by atoms with Gasteiger partial charge < -0.3 is 15.5 Å². The molecule has 0 aliphatic carbocycles. The van der Waals surface area contributed by atoms with Crippen molar-refractivity contribution < 1.29 is 4.79 Å². The molecule has 0 aromatic heterocycles. The summed E-state index contributed by atoms with van der Waals surface area (Å²) in [6, 6.07) is 0. The molecule has 0 radical (unpaired) electrons. The van der Waals surface area contributed by atoms with Crippen LogP contribution in [0.1, 0.15) is 26.7 Å². The molecule has 0 aromatic carbocycles. The van der Waals surface area contributed by atoms with Crippen LogP contribution in [0.3, 0.4) is 0 Å². The van der Waals surface area contributed by atoms with Gasteiger partial charge >= 0.3 is 0 Å². The van der Waals surface area contributed by atoms with Crippen molar-refractivity contribution in [1.82, 2.24) is 9.80 Å². The Balaban J connectivity index is 2.44. The van der Waals surface area contributed by atoms with Gasteiger partial charge in [-0.25, -0.2) is 0 Å². The molecule has 0 bridgehead atoms. The topological polar surface area (TPSA) is 49.6 Å². The Kier molecular flexibility index (Phi) is 4.95. The lowest BCUT2D eigenvalue weighted by Gasteiger charge is -2.37. The minimum Gasteiger partial charge on any atom is -0.342 e. The number of carbonyl (C=O) groups excluding carboxylic acids is 1. The van der Waals surface area contributed by atoms with Gasteiger partial charge in [0, 0.05) is 26.2 Å². The van der Waals surface area contributed by atoms with Crippen molar-refractivity contribution in [2.45, 2.75) is 26.7 Å². The smallest absolute Gasteiger partial charge is 0.229 e. The van der Waals surface area contributed by atoms with Crippen LogP contribution in [0.25, 0.3) is 0 Å². The summed E-state index contributed by atoms with van der Waals surface area (Å²) in [5, 5.41) is 0. The summed E-state index contributed by atoms with van der Waals surface area (Å²) in [6.07, 6.45) is 2.23. The summed E-state index contributed by atoms with van der Waals surface area (Å²) in [5.74, 6) is 0.943. The van der Waals surface area contributed by atoms with E-state index in [9.17, 15) is 4.79 Å². The highest BCUT2D eigenvalue weighted by molar-refractivity contribution is 5.82. The van der Waals surface area contributed by atoms with Crippen LogP contribution in [-0.4, -0.2) is 56.0 Å². The molecule has 2 N–H and O–H groups in total. The van der Waals surface area contributed by atoms with Gasteiger partial charge in [0.2, 0.25) is 5.91 Å². The lowest BCUT2D eigenvalue weighted by atomic mass is 9.89. The van der Waals surface area contributed by atoms with Crippen LogP contribution >= 0.6 is 0 Å². The van der Waals surface area contributed by atoms with Crippen LogP contribution in [0.15, 0.2) is 0 Å². The van der Waals surface area contributed by atoms with Crippen LogP contribution in [0.4, 0.5) is 0 Å². The summed E-state index contributed by atoms with van der Waals surface area (Å²) in [6.45, 7) is 7.19. The molecule has 0 unspecified atom stereocenters. The van der Waals surface area contributed by atoms with E-state index in [0.717, 1.165) is 38.4 Å². The van der Waals surface area contributed by atoms with E-state index in [1.54, 1.807) is 0 Å². The zero-order valence-corrected chi connectivity index (χ0v) is 11.7. The molecule has 0 aromatic rings. The second-order valence-electron chi connectivity index (χ2n) is 6.09. The first-order valence-electron chi connectivity index (χ1n) is 6.51. The highest BCUT2D eigenvalue weighted by atomic mass is 16.2. The molecular weight excluding hydrogens is 214 g/mol. The molecular formula is C13H27N3O. The summed E-state index contributed by atoms with van der Waals surface area (Å²) >= 11 is 0. The van der Waals surface area contributed by atoms with Crippen molar-refractivity contribution in [1.29, 1.82) is 0 Å².